The maximum Gasteiger partial charge on any atom is 0.0412 e. The van der Waals surface area contributed by atoms with Crippen LogP contribution in [0.5, 0.6) is 0 Å². The molecule has 0 bridgehead atoms. The molecule has 1 aromatic carbocycles. The second-order valence-electron chi connectivity index (χ2n) is 4.49. The van der Waals surface area contributed by atoms with Crippen molar-refractivity contribution in [3.05, 3.63) is 35.9 Å². The highest BCUT2D eigenvalue weighted by Crippen LogP contribution is 2.26. The highest BCUT2D eigenvalue weighted by molar-refractivity contribution is 7.99. The fourth-order valence-corrected chi connectivity index (χ4v) is 2.72. The molecule has 2 N–H and O–H groups in total. The summed E-state index contributed by atoms with van der Waals surface area (Å²) in [6.07, 6.45) is 1.25. The molecule has 0 amide bonds. The van der Waals surface area contributed by atoms with Crippen LogP contribution in [0.1, 0.15) is 38.8 Å². The van der Waals surface area contributed by atoms with E-state index in [1.54, 1.807) is 0 Å². The van der Waals surface area contributed by atoms with Crippen LogP contribution in [0.4, 0.5) is 0 Å². The number of nitrogens with two attached hydrogens (primary N) is 1. The van der Waals surface area contributed by atoms with Crippen molar-refractivity contribution in [1.29, 1.82) is 0 Å². The molecule has 1 rings (SSSR count). The zero-order valence-electron chi connectivity index (χ0n) is 10.5. The van der Waals surface area contributed by atoms with Gasteiger partial charge < -0.3 is 5.73 Å². The van der Waals surface area contributed by atoms with Crippen molar-refractivity contribution in [2.24, 2.45) is 11.7 Å². The van der Waals surface area contributed by atoms with Gasteiger partial charge in [0.05, 0.1) is 0 Å². The summed E-state index contributed by atoms with van der Waals surface area (Å²) in [4.78, 5) is 0. The van der Waals surface area contributed by atoms with Crippen molar-refractivity contribution >= 4 is 11.8 Å². The van der Waals surface area contributed by atoms with Gasteiger partial charge in [-0.25, -0.2) is 0 Å². The van der Waals surface area contributed by atoms with Crippen LogP contribution in [0.25, 0.3) is 0 Å². The van der Waals surface area contributed by atoms with Crippen molar-refractivity contribution in [3.8, 4) is 0 Å². The second kappa shape index (κ2) is 6.97. The summed E-state index contributed by atoms with van der Waals surface area (Å²) in [5, 5.41) is 0.483. The molecule has 0 spiro atoms. The summed E-state index contributed by atoms with van der Waals surface area (Å²) in [6.45, 7) is 6.77. The quantitative estimate of drug-likeness (QED) is 0.813. The molecule has 0 heterocycles. The van der Waals surface area contributed by atoms with Gasteiger partial charge in [0.1, 0.15) is 0 Å². The summed E-state index contributed by atoms with van der Waals surface area (Å²) in [6, 6.07) is 10.5. The van der Waals surface area contributed by atoms with E-state index in [1.807, 2.05) is 17.8 Å². The van der Waals surface area contributed by atoms with Crippen molar-refractivity contribution in [1.82, 2.24) is 0 Å². The minimum atomic E-state index is 0.148. The van der Waals surface area contributed by atoms with E-state index in [2.05, 4.69) is 45.0 Å². The van der Waals surface area contributed by atoms with Crippen LogP contribution in [-0.2, 0) is 0 Å². The van der Waals surface area contributed by atoms with E-state index in [-0.39, 0.29) is 6.04 Å². The van der Waals surface area contributed by atoms with Crippen molar-refractivity contribution < 1.29 is 0 Å². The topological polar surface area (TPSA) is 26.0 Å². The van der Waals surface area contributed by atoms with Crippen LogP contribution >= 0.6 is 11.8 Å². The first kappa shape index (κ1) is 13.6. The summed E-state index contributed by atoms with van der Waals surface area (Å²) < 4.78 is 0. The number of hydrogen-bond acceptors (Lipinski definition) is 2. The van der Waals surface area contributed by atoms with E-state index in [1.165, 1.54) is 17.7 Å². The number of hydrogen-bond donors (Lipinski definition) is 1. The standard InChI is InChI=1S/C14H23NS/c1-4-11(2)10-16-12(3)14(15)13-8-6-5-7-9-13/h5-9,11-12,14H,4,10,15H2,1-3H3. The van der Waals surface area contributed by atoms with Gasteiger partial charge >= 0.3 is 0 Å². The molecule has 2 heteroatoms. The lowest BCUT2D eigenvalue weighted by Crippen LogP contribution is -2.22. The van der Waals surface area contributed by atoms with Crippen molar-refractivity contribution in [2.45, 2.75) is 38.5 Å². The van der Waals surface area contributed by atoms with Crippen LogP contribution in [0.2, 0.25) is 0 Å². The zero-order chi connectivity index (χ0) is 12.0. The fraction of sp³-hybridized carbons (Fsp3) is 0.571. The van der Waals surface area contributed by atoms with Crippen LogP contribution in [0.15, 0.2) is 30.3 Å². The maximum absolute atomic E-state index is 6.25. The molecule has 0 radical (unpaired) electrons. The third-order valence-corrected chi connectivity index (χ3v) is 4.61. The van der Waals surface area contributed by atoms with Crippen LogP contribution in [0.3, 0.4) is 0 Å². The second-order valence-corrected chi connectivity index (χ2v) is 5.90. The smallest absolute Gasteiger partial charge is 0.0412 e. The molecule has 0 fully saturated rings. The Kier molecular flexibility index (Phi) is 5.93. The first-order valence-electron chi connectivity index (χ1n) is 6.07. The summed E-state index contributed by atoms with van der Waals surface area (Å²) in [7, 11) is 0. The van der Waals surface area contributed by atoms with Crippen LogP contribution in [-0.4, -0.2) is 11.0 Å². The molecule has 3 unspecified atom stereocenters. The van der Waals surface area contributed by atoms with Gasteiger partial charge in [0.25, 0.3) is 0 Å². The predicted molar refractivity (Wildman–Crippen MR) is 74.7 cm³/mol. The van der Waals surface area contributed by atoms with E-state index < -0.39 is 0 Å². The van der Waals surface area contributed by atoms with Gasteiger partial charge in [-0.3, -0.25) is 0 Å². The van der Waals surface area contributed by atoms with Crippen LogP contribution in [0, 0.1) is 5.92 Å². The summed E-state index contributed by atoms with van der Waals surface area (Å²) in [5.41, 5.74) is 7.49. The lowest BCUT2D eigenvalue weighted by Gasteiger charge is -2.21. The fourth-order valence-electron chi connectivity index (χ4n) is 1.48. The van der Waals surface area contributed by atoms with Gasteiger partial charge in [-0.15, -0.1) is 0 Å². The summed E-state index contributed by atoms with van der Waals surface area (Å²) in [5.74, 6) is 1.99. The minimum Gasteiger partial charge on any atom is -0.323 e. The van der Waals surface area contributed by atoms with Gasteiger partial charge in [0, 0.05) is 11.3 Å². The van der Waals surface area contributed by atoms with Gasteiger partial charge in [0.2, 0.25) is 0 Å². The molecule has 16 heavy (non-hydrogen) atoms. The Morgan fingerprint density at radius 1 is 1.19 bits per heavy atom. The molecule has 1 aromatic rings. The predicted octanol–water partition coefficient (Wildman–Crippen LogP) is 3.85. The Bertz CT molecular complexity index is 286. The van der Waals surface area contributed by atoms with Gasteiger partial charge in [-0.05, 0) is 17.2 Å². The molecule has 0 aliphatic rings. The van der Waals surface area contributed by atoms with E-state index in [4.69, 9.17) is 5.73 Å². The van der Waals surface area contributed by atoms with Gasteiger partial charge in [-0.2, -0.15) is 11.8 Å². The average molecular weight is 237 g/mol. The first-order valence-corrected chi connectivity index (χ1v) is 7.12. The third kappa shape index (κ3) is 4.18. The highest BCUT2D eigenvalue weighted by atomic mass is 32.2. The van der Waals surface area contributed by atoms with Gasteiger partial charge in [-0.1, -0.05) is 57.5 Å². The minimum absolute atomic E-state index is 0.148. The average Bonchev–Trinajstić information content (AvgIpc) is 2.35. The zero-order valence-corrected chi connectivity index (χ0v) is 11.3. The van der Waals surface area contributed by atoms with Crippen LogP contribution < -0.4 is 5.73 Å². The monoisotopic (exact) mass is 237 g/mol. The Hall–Kier alpha value is -0.470. The number of rotatable bonds is 6. The molecule has 0 aliphatic carbocycles. The molecule has 0 aromatic heterocycles. The molecular formula is C14H23NS. The van der Waals surface area contributed by atoms with E-state index in [0.29, 0.717) is 5.25 Å². The SMILES string of the molecule is CCC(C)CSC(C)C(N)c1ccccc1. The number of benzene rings is 1. The van der Waals surface area contributed by atoms with E-state index >= 15 is 0 Å². The third-order valence-electron chi connectivity index (χ3n) is 3.03. The Morgan fingerprint density at radius 2 is 1.81 bits per heavy atom. The molecule has 0 saturated heterocycles. The van der Waals surface area contributed by atoms with E-state index in [0.717, 1.165) is 5.92 Å². The normalized spacial score (nSPS) is 16.8. The molecule has 3 atom stereocenters. The molecule has 90 valence electrons. The maximum atomic E-state index is 6.25. The summed E-state index contributed by atoms with van der Waals surface area (Å²) >= 11 is 1.99. The largest absolute Gasteiger partial charge is 0.323 e. The first-order chi connectivity index (χ1) is 7.65. The lowest BCUT2D eigenvalue weighted by molar-refractivity contribution is 0.631. The molecular weight excluding hydrogens is 214 g/mol. The molecule has 1 nitrogen and oxygen atoms in total. The van der Waals surface area contributed by atoms with Crippen molar-refractivity contribution in [3.63, 3.8) is 0 Å². The Labute approximate surface area is 104 Å². The Balaban J connectivity index is 2.45. The molecule has 0 aliphatic heterocycles. The van der Waals surface area contributed by atoms with Crippen molar-refractivity contribution in [2.75, 3.05) is 5.75 Å². The van der Waals surface area contributed by atoms with Gasteiger partial charge in [0.15, 0.2) is 0 Å². The highest BCUT2D eigenvalue weighted by Gasteiger charge is 2.15. The number of thioether (sulfide) groups is 1. The Morgan fingerprint density at radius 3 is 2.38 bits per heavy atom. The lowest BCUT2D eigenvalue weighted by atomic mass is 10.1. The van der Waals surface area contributed by atoms with E-state index in [9.17, 15) is 0 Å². The molecule has 0 saturated carbocycles.